The Morgan fingerprint density at radius 1 is 1.26 bits per heavy atom. The van der Waals surface area contributed by atoms with Gasteiger partial charge in [-0.3, -0.25) is 9.48 Å². The molecule has 23 heavy (non-hydrogen) atoms. The second kappa shape index (κ2) is 6.34. The highest BCUT2D eigenvalue weighted by Gasteiger charge is 2.12. The Morgan fingerprint density at radius 3 is 2.65 bits per heavy atom. The lowest BCUT2D eigenvalue weighted by Gasteiger charge is -2.04. The molecule has 0 spiro atoms. The van der Waals surface area contributed by atoms with E-state index in [0.717, 1.165) is 27.6 Å². The van der Waals surface area contributed by atoms with Gasteiger partial charge in [-0.1, -0.05) is 17.7 Å². The van der Waals surface area contributed by atoms with Gasteiger partial charge in [0.2, 0.25) is 5.91 Å². The molecule has 0 unspecified atom stereocenters. The van der Waals surface area contributed by atoms with Crippen molar-refractivity contribution >= 4 is 22.9 Å². The molecule has 0 aliphatic carbocycles. The number of hydrogen-bond acceptors (Lipinski definition) is 4. The highest BCUT2D eigenvalue weighted by atomic mass is 32.1. The zero-order valence-corrected chi connectivity index (χ0v) is 14.1. The van der Waals surface area contributed by atoms with E-state index in [0.29, 0.717) is 0 Å². The van der Waals surface area contributed by atoms with E-state index in [2.05, 4.69) is 15.4 Å². The number of thiazole rings is 1. The molecule has 0 saturated heterocycles. The summed E-state index contributed by atoms with van der Waals surface area (Å²) >= 11 is 1.49. The second-order valence-corrected chi connectivity index (χ2v) is 6.46. The third-order valence-electron chi connectivity index (χ3n) is 3.49. The molecule has 2 aromatic heterocycles. The fourth-order valence-corrected chi connectivity index (χ4v) is 3.14. The predicted octanol–water partition coefficient (Wildman–Crippen LogP) is 3.34. The van der Waals surface area contributed by atoms with Gasteiger partial charge in [0, 0.05) is 29.9 Å². The van der Waals surface area contributed by atoms with Gasteiger partial charge in [-0.25, -0.2) is 4.98 Å². The van der Waals surface area contributed by atoms with Gasteiger partial charge in [-0.2, -0.15) is 5.10 Å². The number of aromatic nitrogens is 3. The van der Waals surface area contributed by atoms with Gasteiger partial charge < -0.3 is 5.32 Å². The molecule has 1 amide bonds. The van der Waals surface area contributed by atoms with Crippen LogP contribution in [0.4, 0.5) is 5.69 Å². The minimum atomic E-state index is -0.0577. The van der Waals surface area contributed by atoms with E-state index < -0.39 is 0 Å². The summed E-state index contributed by atoms with van der Waals surface area (Å²) in [4.78, 5) is 16.7. The molecule has 0 radical (unpaired) electrons. The first kappa shape index (κ1) is 15.4. The predicted molar refractivity (Wildman–Crippen MR) is 92.6 cm³/mol. The lowest BCUT2D eigenvalue weighted by Crippen LogP contribution is -2.14. The molecule has 0 saturated carbocycles. The molecule has 6 heteroatoms. The number of nitrogens with one attached hydrogen (secondary N) is 1. The van der Waals surface area contributed by atoms with Crippen LogP contribution in [0.5, 0.6) is 0 Å². The van der Waals surface area contributed by atoms with Crippen molar-refractivity contribution in [2.24, 2.45) is 7.05 Å². The van der Waals surface area contributed by atoms with Crippen molar-refractivity contribution in [2.75, 3.05) is 5.32 Å². The number of hydrogen-bond donors (Lipinski definition) is 1. The van der Waals surface area contributed by atoms with Gasteiger partial charge in [0.15, 0.2) is 0 Å². The number of anilines is 1. The number of benzene rings is 1. The Morgan fingerprint density at radius 2 is 2.00 bits per heavy atom. The van der Waals surface area contributed by atoms with Crippen LogP contribution in [-0.2, 0) is 18.3 Å². The van der Waals surface area contributed by atoms with Gasteiger partial charge >= 0.3 is 0 Å². The van der Waals surface area contributed by atoms with E-state index in [-0.39, 0.29) is 12.3 Å². The summed E-state index contributed by atoms with van der Waals surface area (Å²) in [6.07, 6.45) is 2.22. The summed E-state index contributed by atoms with van der Waals surface area (Å²) in [5, 5.41) is 9.99. The molecule has 0 aliphatic heterocycles. The van der Waals surface area contributed by atoms with Crippen molar-refractivity contribution in [3.05, 3.63) is 52.1 Å². The average Bonchev–Trinajstić information content (AvgIpc) is 3.07. The lowest BCUT2D eigenvalue weighted by molar-refractivity contribution is -0.115. The molecule has 2 heterocycles. The first-order chi connectivity index (χ1) is 11.0. The van der Waals surface area contributed by atoms with E-state index in [1.807, 2.05) is 56.7 Å². The van der Waals surface area contributed by atoms with E-state index in [1.165, 1.54) is 16.9 Å². The first-order valence-corrected chi connectivity index (χ1v) is 8.21. The summed E-state index contributed by atoms with van der Waals surface area (Å²) in [5.41, 5.74) is 4.79. The van der Waals surface area contributed by atoms with E-state index >= 15 is 0 Å². The van der Waals surface area contributed by atoms with Crippen LogP contribution in [0, 0.1) is 13.8 Å². The zero-order valence-electron chi connectivity index (χ0n) is 13.3. The van der Waals surface area contributed by atoms with Crippen molar-refractivity contribution in [1.29, 1.82) is 0 Å². The number of nitrogens with zero attached hydrogens (tertiary/aromatic N) is 3. The van der Waals surface area contributed by atoms with Crippen LogP contribution in [0.25, 0.3) is 11.3 Å². The zero-order chi connectivity index (χ0) is 16.4. The van der Waals surface area contributed by atoms with Gasteiger partial charge in [0.1, 0.15) is 5.01 Å². The number of carbonyl (C=O) groups excluding carboxylic acids is 1. The largest absolute Gasteiger partial charge is 0.326 e. The van der Waals surface area contributed by atoms with E-state index in [4.69, 9.17) is 0 Å². The highest BCUT2D eigenvalue weighted by Crippen LogP contribution is 2.24. The molecular formula is C17H18N4OS. The molecular weight excluding hydrogens is 308 g/mol. The Labute approximate surface area is 139 Å². The fourth-order valence-electron chi connectivity index (χ4n) is 2.35. The van der Waals surface area contributed by atoms with Gasteiger partial charge in [-0.15, -0.1) is 11.3 Å². The Bertz CT molecular complexity index is 833. The highest BCUT2D eigenvalue weighted by molar-refractivity contribution is 7.10. The first-order valence-electron chi connectivity index (χ1n) is 7.33. The normalized spacial score (nSPS) is 10.7. The molecule has 3 rings (SSSR count). The molecule has 118 valence electrons. The fraction of sp³-hybridized carbons (Fsp3) is 0.235. The van der Waals surface area contributed by atoms with Crippen LogP contribution < -0.4 is 5.32 Å². The monoisotopic (exact) mass is 326 g/mol. The summed E-state index contributed by atoms with van der Waals surface area (Å²) < 4.78 is 1.77. The molecule has 3 aromatic rings. The molecule has 5 nitrogen and oxygen atoms in total. The van der Waals surface area contributed by atoms with E-state index in [1.54, 1.807) is 4.68 Å². The standard InChI is InChI=1S/C17H18N4OS/c1-11-4-6-13(7-5-11)18-16(22)8-17-19-15(10-23-17)14-9-21(3)20-12(14)2/h4-7,9-10H,8H2,1-3H3,(H,18,22). The van der Waals surface area contributed by atoms with Crippen LogP contribution in [0.15, 0.2) is 35.8 Å². The number of carbonyl (C=O) groups is 1. The number of amides is 1. The minimum absolute atomic E-state index is 0.0577. The molecule has 0 fully saturated rings. The van der Waals surface area contributed by atoms with Gasteiger partial charge in [0.25, 0.3) is 0 Å². The Kier molecular flexibility index (Phi) is 4.25. The Balaban J connectivity index is 1.68. The molecule has 0 aliphatic rings. The van der Waals surface area contributed by atoms with Crippen LogP contribution in [-0.4, -0.2) is 20.7 Å². The SMILES string of the molecule is Cc1ccc(NC(=O)Cc2nc(-c3cn(C)nc3C)cs2)cc1. The van der Waals surface area contributed by atoms with Crippen LogP contribution in [0.2, 0.25) is 0 Å². The lowest BCUT2D eigenvalue weighted by atomic mass is 10.2. The number of rotatable bonds is 4. The average molecular weight is 326 g/mol. The smallest absolute Gasteiger partial charge is 0.231 e. The van der Waals surface area contributed by atoms with E-state index in [9.17, 15) is 4.79 Å². The van der Waals surface area contributed by atoms with Gasteiger partial charge in [-0.05, 0) is 26.0 Å². The van der Waals surface area contributed by atoms with Gasteiger partial charge in [0.05, 0.1) is 17.8 Å². The summed E-state index contributed by atoms with van der Waals surface area (Å²) in [5.74, 6) is -0.0577. The molecule has 0 atom stereocenters. The van der Waals surface area contributed by atoms with Crippen molar-refractivity contribution in [2.45, 2.75) is 20.3 Å². The molecule has 1 aromatic carbocycles. The van der Waals surface area contributed by atoms with Crippen LogP contribution in [0.1, 0.15) is 16.3 Å². The Hall–Kier alpha value is -2.47. The topological polar surface area (TPSA) is 59.8 Å². The maximum absolute atomic E-state index is 12.1. The quantitative estimate of drug-likeness (QED) is 0.800. The maximum atomic E-state index is 12.1. The third-order valence-corrected chi connectivity index (χ3v) is 4.34. The van der Waals surface area contributed by atoms with Crippen molar-refractivity contribution in [1.82, 2.24) is 14.8 Å². The molecule has 0 bridgehead atoms. The minimum Gasteiger partial charge on any atom is -0.326 e. The van der Waals surface area contributed by atoms with Crippen molar-refractivity contribution in [3.8, 4) is 11.3 Å². The summed E-state index contributed by atoms with van der Waals surface area (Å²) in [6.45, 7) is 3.97. The molecule has 1 N–H and O–H groups in total. The van der Waals surface area contributed by atoms with Crippen molar-refractivity contribution in [3.63, 3.8) is 0 Å². The van der Waals surface area contributed by atoms with Crippen LogP contribution >= 0.6 is 11.3 Å². The summed E-state index contributed by atoms with van der Waals surface area (Å²) in [6, 6.07) is 7.75. The van der Waals surface area contributed by atoms with Crippen molar-refractivity contribution < 1.29 is 4.79 Å². The number of aryl methyl sites for hydroxylation is 3. The summed E-state index contributed by atoms with van der Waals surface area (Å²) in [7, 11) is 1.89. The maximum Gasteiger partial charge on any atom is 0.231 e. The third kappa shape index (κ3) is 3.65. The van der Waals surface area contributed by atoms with Crippen LogP contribution in [0.3, 0.4) is 0 Å². The second-order valence-electron chi connectivity index (χ2n) is 5.52.